The number of aliphatic hydroxyl groups is 1. The first-order valence-corrected chi connectivity index (χ1v) is 6.74. The molecule has 19 heavy (non-hydrogen) atoms. The number of rotatable bonds is 5. The Kier molecular flexibility index (Phi) is 4.37. The number of aromatic carboxylic acids is 1. The summed E-state index contributed by atoms with van der Waals surface area (Å²) >= 11 is 0. The lowest BCUT2D eigenvalue weighted by molar-refractivity contribution is 0.0696. The van der Waals surface area contributed by atoms with E-state index in [-0.39, 0.29) is 12.5 Å². The van der Waals surface area contributed by atoms with Gasteiger partial charge < -0.3 is 15.1 Å². The van der Waals surface area contributed by atoms with Gasteiger partial charge in [0.05, 0.1) is 5.56 Å². The summed E-state index contributed by atoms with van der Waals surface area (Å²) in [5.41, 5.74) is 1.12. The maximum Gasteiger partial charge on any atom is 0.335 e. The van der Waals surface area contributed by atoms with E-state index in [9.17, 15) is 9.90 Å². The molecule has 0 radical (unpaired) electrons. The van der Waals surface area contributed by atoms with Gasteiger partial charge in [-0.2, -0.15) is 0 Å². The summed E-state index contributed by atoms with van der Waals surface area (Å²) in [6.45, 7) is 3.80. The third kappa shape index (κ3) is 3.23. The van der Waals surface area contributed by atoms with Crippen LogP contribution in [0.1, 0.15) is 35.8 Å². The van der Waals surface area contributed by atoms with Crippen molar-refractivity contribution in [1.82, 2.24) is 4.98 Å². The Labute approximate surface area is 112 Å². The van der Waals surface area contributed by atoms with Gasteiger partial charge in [-0.05, 0) is 25.0 Å². The zero-order valence-electron chi connectivity index (χ0n) is 11.2. The Morgan fingerprint density at radius 3 is 2.89 bits per heavy atom. The molecule has 1 atom stereocenters. The predicted octanol–water partition coefficient (Wildman–Crippen LogP) is 1.55. The molecule has 1 fully saturated rings. The quantitative estimate of drug-likeness (QED) is 0.844. The van der Waals surface area contributed by atoms with Gasteiger partial charge in [-0.25, -0.2) is 9.78 Å². The molecule has 0 aromatic carbocycles. The lowest BCUT2D eigenvalue weighted by atomic mass is 10.1. The molecule has 0 saturated carbocycles. The van der Waals surface area contributed by atoms with Crippen molar-refractivity contribution < 1.29 is 15.0 Å². The molecule has 5 nitrogen and oxygen atoms in total. The molecule has 1 aliphatic heterocycles. The number of carboxylic acids is 1. The van der Waals surface area contributed by atoms with Crippen LogP contribution >= 0.6 is 0 Å². The molecule has 2 heterocycles. The number of carbonyl (C=O) groups is 1. The third-order valence-corrected chi connectivity index (χ3v) is 3.49. The second-order valence-electron chi connectivity index (χ2n) is 5.04. The zero-order chi connectivity index (χ0) is 13.8. The lowest BCUT2D eigenvalue weighted by Crippen LogP contribution is -2.22. The van der Waals surface area contributed by atoms with Gasteiger partial charge in [-0.3, -0.25) is 0 Å². The number of anilines is 1. The molecule has 2 N–H and O–H groups in total. The lowest BCUT2D eigenvalue weighted by Gasteiger charge is -2.18. The van der Waals surface area contributed by atoms with E-state index >= 15 is 0 Å². The highest BCUT2D eigenvalue weighted by atomic mass is 16.4. The van der Waals surface area contributed by atoms with Gasteiger partial charge in [0.1, 0.15) is 5.82 Å². The molecule has 0 spiro atoms. The average molecular weight is 264 g/mol. The monoisotopic (exact) mass is 264 g/mol. The minimum Gasteiger partial charge on any atom is -0.478 e. The van der Waals surface area contributed by atoms with Crippen LogP contribution in [0.15, 0.2) is 12.1 Å². The normalized spacial score (nSPS) is 18.8. The number of hydrogen-bond donors (Lipinski definition) is 2. The van der Waals surface area contributed by atoms with Crippen LogP contribution in [0.3, 0.4) is 0 Å². The van der Waals surface area contributed by atoms with Crippen LogP contribution in [0.2, 0.25) is 0 Å². The molecule has 1 aromatic heterocycles. The van der Waals surface area contributed by atoms with Crippen molar-refractivity contribution in [1.29, 1.82) is 0 Å². The van der Waals surface area contributed by atoms with Crippen molar-refractivity contribution in [2.75, 3.05) is 24.6 Å². The molecule has 104 valence electrons. The number of aliphatic hydroxyl groups excluding tert-OH is 1. The number of nitrogens with zero attached hydrogens (tertiary/aromatic N) is 2. The standard InChI is InChI=1S/C14H20N2O3/c1-2-3-12-6-11(14(18)19)7-13(15-12)16-5-4-10(8-16)9-17/h6-7,10,17H,2-5,8-9H2,1H3,(H,18,19). The molecule has 5 heteroatoms. The van der Waals surface area contributed by atoms with E-state index in [0.717, 1.165) is 43.9 Å². The molecule has 1 unspecified atom stereocenters. The number of pyridine rings is 1. The van der Waals surface area contributed by atoms with E-state index in [1.54, 1.807) is 12.1 Å². The van der Waals surface area contributed by atoms with Crippen LogP contribution < -0.4 is 4.90 Å². The highest BCUT2D eigenvalue weighted by Crippen LogP contribution is 2.23. The SMILES string of the molecule is CCCc1cc(C(=O)O)cc(N2CCC(CO)C2)n1. The minimum absolute atomic E-state index is 0.178. The molecule has 0 aliphatic carbocycles. The summed E-state index contributed by atoms with van der Waals surface area (Å²) in [6, 6.07) is 3.27. The molecule has 1 saturated heterocycles. The van der Waals surface area contributed by atoms with Gasteiger partial charge in [0.2, 0.25) is 0 Å². The Balaban J connectivity index is 2.26. The van der Waals surface area contributed by atoms with E-state index in [2.05, 4.69) is 9.88 Å². The largest absolute Gasteiger partial charge is 0.478 e. The molecule has 0 bridgehead atoms. The van der Waals surface area contributed by atoms with Crippen molar-refractivity contribution >= 4 is 11.8 Å². The first kappa shape index (κ1) is 13.8. The van der Waals surface area contributed by atoms with Crippen molar-refractivity contribution in [3.05, 3.63) is 23.4 Å². The van der Waals surface area contributed by atoms with Crippen LogP contribution in [0, 0.1) is 5.92 Å². The number of hydrogen-bond acceptors (Lipinski definition) is 4. The van der Waals surface area contributed by atoms with E-state index in [0.29, 0.717) is 5.56 Å². The minimum atomic E-state index is -0.918. The van der Waals surface area contributed by atoms with Gasteiger partial charge >= 0.3 is 5.97 Å². The van der Waals surface area contributed by atoms with Gasteiger partial charge in [0, 0.05) is 31.3 Å². The second kappa shape index (κ2) is 6.02. The maximum absolute atomic E-state index is 11.2. The first-order chi connectivity index (χ1) is 9.13. The van der Waals surface area contributed by atoms with E-state index < -0.39 is 5.97 Å². The third-order valence-electron chi connectivity index (χ3n) is 3.49. The molecular weight excluding hydrogens is 244 g/mol. The zero-order valence-corrected chi connectivity index (χ0v) is 11.2. The number of aryl methyl sites for hydroxylation is 1. The van der Waals surface area contributed by atoms with Crippen LogP contribution in [-0.4, -0.2) is 40.9 Å². The van der Waals surface area contributed by atoms with Crippen LogP contribution in [-0.2, 0) is 6.42 Å². The van der Waals surface area contributed by atoms with Gasteiger partial charge in [-0.15, -0.1) is 0 Å². The highest BCUT2D eigenvalue weighted by molar-refractivity contribution is 5.88. The summed E-state index contributed by atoms with van der Waals surface area (Å²) < 4.78 is 0. The highest BCUT2D eigenvalue weighted by Gasteiger charge is 2.23. The summed E-state index contributed by atoms with van der Waals surface area (Å²) in [5.74, 6) is 0.0723. The van der Waals surface area contributed by atoms with Crippen LogP contribution in [0.25, 0.3) is 0 Å². The van der Waals surface area contributed by atoms with Crippen molar-refractivity contribution in [2.24, 2.45) is 5.92 Å². The molecule has 1 aliphatic rings. The van der Waals surface area contributed by atoms with Crippen molar-refractivity contribution in [3.8, 4) is 0 Å². The van der Waals surface area contributed by atoms with E-state index in [1.807, 2.05) is 6.92 Å². The summed E-state index contributed by atoms with van der Waals surface area (Å²) in [7, 11) is 0. The smallest absolute Gasteiger partial charge is 0.335 e. The van der Waals surface area contributed by atoms with E-state index in [1.165, 1.54) is 0 Å². The Morgan fingerprint density at radius 2 is 2.32 bits per heavy atom. The first-order valence-electron chi connectivity index (χ1n) is 6.74. The second-order valence-corrected chi connectivity index (χ2v) is 5.04. The van der Waals surface area contributed by atoms with Crippen LogP contribution in [0.5, 0.6) is 0 Å². The number of aromatic nitrogens is 1. The van der Waals surface area contributed by atoms with Gasteiger partial charge in [-0.1, -0.05) is 13.3 Å². The predicted molar refractivity (Wildman–Crippen MR) is 72.6 cm³/mol. The van der Waals surface area contributed by atoms with Crippen molar-refractivity contribution in [3.63, 3.8) is 0 Å². The molecule has 1 aromatic rings. The molecule has 0 amide bonds. The van der Waals surface area contributed by atoms with Gasteiger partial charge in [0.15, 0.2) is 0 Å². The summed E-state index contributed by atoms with van der Waals surface area (Å²) in [5, 5.41) is 18.3. The Morgan fingerprint density at radius 1 is 1.53 bits per heavy atom. The fourth-order valence-electron chi connectivity index (χ4n) is 2.43. The maximum atomic E-state index is 11.2. The molecular formula is C14H20N2O3. The fourth-order valence-corrected chi connectivity index (χ4v) is 2.43. The number of carboxylic acid groups (broad SMARTS) is 1. The topological polar surface area (TPSA) is 73.7 Å². The fraction of sp³-hybridized carbons (Fsp3) is 0.571. The Bertz CT molecular complexity index is 462. The molecule has 2 rings (SSSR count). The summed E-state index contributed by atoms with van der Waals surface area (Å²) in [4.78, 5) is 17.8. The average Bonchev–Trinajstić information content (AvgIpc) is 2.87. The van der Waals surface area contributed by atoms with E-state index in [4.69, 9.17) is 5.11 Å². The Hall–Kier alpha value is -1.62. The van der Waals surface area contributed by atoms with Gasteiger partial charge in [0.25, 0.3) is 0 Å². The summed E-state index contributed by atoms with van der Waals surface area (Å²) in [6.07, 6.45) is 2.65. The van der Waals surface area contributed by atoms with Crippen molar-refractivity contribution in [2.45, 2.75) is 26.2 Å². The van der Waals surface area contributed by atoms with Crippen LogP contribution in [0.4, 0.5) is 5.82 Å².